The molecule has 2 rings (SSSR count). The molecule has 23 heavy (non-hydrogen) atoms. The highest BCUT2D eigenvalue weighted by Gasteiger charge is 2.26. The van der Waals surface area contributed by atoms with Crippen molar-refractivity contribution in [2.24, 2.45) is 5.92 Å². The highest BCUT2D eigenvalue weighted by molar-refractivity contribution is 5.68. The predicted octanol–water partition coefficient (Wildman–Crippen LogP) is 3.15. The molecular formula is C17H28N4O2. The van der Waals surface area contributed by atoms with Gasteiger partial charge < -0.3 is 15.0 Å². The van der Waals surface area contributed by atoms with E-state index in [1.165, 1.54) is 0 Å². The van der Waals surface area contributed by atoms with Crippen molar-refractivity contribution < 1.29 is 9.53 Å². The van der Waals surface area contributed by atoms with Gasteiger partial charge in [-0.05, 0) is 59.4 Å². The molecule has 0 bridgehead atoms. The minimum absolute atomic E-state index is 0.207. The van der Waals surface area contributed by atoms with Crippen LogP contribution in [0.5, 0.6) is 0 Å². The molecule has 0 saturated carbocycles. The van der Waals surface area contributed by atoms with E-state index in [9.17, 15) is 4.79 Å². The van der Waals surface area contributed by atoms with Crippen LogP contribution >= 0.6 is 0 Å². The smallest absolute Gasteiger partial charge is 0.410 e. The van der Waals surface area contributed by atoms with E-state index in [-0.39, 0.29) is 6.09 Å². The number of nitrogens with one attached hydrogen (secondary N) is 1. The second-order valence-electron chi connectivity index (χ2n) is 7.27. The van der Waals surface area contributed by atoms with E-state index in [1.807, 2.05) is 40.7 Å². The van der Waals surface area contributed by atoms with Gasteiger partial charge in [-0.3, -0.25) is 0 Å². The molecule has 1 amide bonds. The van der Waals surface area contributed by atoms with E-state index in [2.05, 4.69) is 15.3 Å². The Hall–Kier alpha value is -1.85. The summed E-state index contributed by atoms with van der Waals surface area (Å²) < 4.78 is 5.42. The highest BCUT2D eigenvalue weighted by atomic mass is 16.6. The van der Waals surface area contributed by atoms with Crippen LogP contribution in [0.3, 0.4) is 0 Å². The minimum atomic E-state index is -0.435. The third-order valence-corrected chi connectivity index (χ3v) is 3.80. The summed E-state index contributed by atoms with van der Waals surface area (Å²) in [5, 5.41) is 3.32. The van der Waals surface area contributed by atoms with E-state index in [0.717, 1.165) is 43.9 Å². The van der Waals surface area contributed by atoms with Crippen molar-refractivity contribution in [3.8, 4) is 0 Å². The third kappa shape index (κ3) is 5.69. The topological polar surface area (TPSA) is 67.4 Å². The molecule has 2 heterocycles. The van der Waals surface area contributed by atoms with Crippen LogP contribution in [0.2, 0.25) is 0 Å². The molecule has 0 radical (unpaired) electrons. The Morgan fingerprint density at radius 2 is 1.83 bits per heavy atom. The number of ether oxygens (including phenoxy) is 1. The summed E-state index contributed by atoms with van der Waals surface area (Å²) in [5.74, 6) is 1.22. The van der Waals surface area contributed by atoms with Crippen LogP contribution in [0, 0.1) is 19.8 Å². The summed E-state index contributed by atoms with van der Waals surface area (Å²) in [5.41, 5.74) is 1.51. The van der Waals surface area contributed by atoms with Crippen LogP contribution in [0.15, 0.2) is 6.07 Å². The molecular weight excluding hydrogens is 292 g/mol. The summed E-state index contributed by atoms with van der Waals surface area (Å²) in [6.07, 6.45) is 1.73. The number of likely N-dealkylation sites (tertiary alicyclic amines) is 1. The Morgan fingerprint density at radius 3 is 2.35 bits per heavy atom. The Bertz CT molecular complexity index is 526. The van der Waals surface area contributed by atoms with Crippen LogP contribution in [0.1, 0.15) is 45.0 Å². The molecule has 1 aromatic heterocycles. The second kappa shape index (κ2) is 7.15. The van der Waals surface area contributed by atoms with Gasteiger partial charge in [0.1, 0.15) is 5.60 Å². The summed E-state index contributed by atoms with van der Waals surface area (Å²) in [6.45, 7) is 12.0. The van der Waals surface area contributed by atoms with Gasteiger partial charge in [-0.25, -0.2) is 14.8 Å². The Labute approximate surface area is 138 Å². The van der Waals surface area contributed by atoms with Gasteiger partial charge in [0.2, 0.25) is 5.95 Å². The summed E-state index contributed by atoms with van der Waals surface area (Å²) in [6, 6.07) is 1.96. The molecule has 0 unspecified atom stereocenters. The van der Waals surface area contributed by atoms with Crippen molar-refractivity contribution >= 4 is 12.0 Å². The van der Waals surface area contributed by atoms with Gasteiger partial charge in [0.15, 0.2) is 0 Å². The van der Waals surface area contributed by atoms with Gasteiger partial charge in [-0.15, -0.1) is 0 Å². The summed E-state index contributed by atoms with van der Waals surface area (Å²) >= 11 is 0. The number of hydrogen-bond acceptors (Lipinski definition) is 5. The van der Waals surface area contributed by atoms with E-state index >= 15 is 0 Å². The fourth-order valence-electron chi connectivity index (χ4n) is 2.69. The van der Waals surface area contributed by atoms with Gasteiger partial charge in [0.25, 0.3) is 0 Å². The molecule has 1 fully saturated rings. The maximum Gasteiger partial charge on any atom is 0.410 e. The number of nitrogens with zero attached hydrogens (tertiary/aromatic N) is 3. The van der Waals surface area contributed by atoms with Crippen LogP contribution in [0.4, 0.5) is 10.7 Å². The van der Waals surface area contributed by atoms with E-state index in [1.54, 1.807) is 4.90 Å². The average Bonchev–Trinajstić information content (AvgIpc) is 2.43. The molecule has 0 aromatic carbocycles. The zero-order valence-electron chi connectivity index (χ0n) is 14.8. The van der Waals surface area contributed by atoms with Gasteiger partial charge >= 0.3 is 6.09 Å². The zero-order valence-corrected chi connectivity index (χ0v) is 14.8. The molecule has 1 saturated heterocycles. The SMILES string of the molecule is Cc1cc(C)nc(NCC2CCN(C(=O)OC(C)(C)C)CC2)n1. The number of rotatable bonds is 3. The van der Waals surface area contributed by atoms with Crippen LogP contribution in [0.25, 0.3) is 0 Å². The van der Waals surface area contributed by atoms with Gasteiger partial charge in [-0.1, -0.05) is 0 Å². The molecule has 1 N–H and O–H groups in total. The first-order valence-electron chi connectivity index (χ1n) is 8.27. The molecule has 1 aliphatic rings. The van der Waals surface area contributed by atoms with Gasteiger partial charge in [0.05, 0.1) is 0 Å². The van der Waals surface area contributed by atoms with Crippen molar-refractivity contribution in [3.63, 3.8) is 0 Å². The second-order valence-corrected chi connectivity index (χ2v) is 7.27. The summed E-state index contributed by atoms with van der Waals surface area (Å²) in [4.78, 5) is 22.6. The number of aromatic nitrogens is 2. The zero-order chi connectivity index (χ0) is 17.0. The average molecular weight is 320 g/mol. The maximum atomic E-state index is 12.0. The molecule has 0 spiro atoms. The number of carbonyl (C=O) groups excluding carboxylic acids is 1. The molecule has 1 aliphatic heterocycles. The minimum Gasteiger partial charge on any atom is -0.444 e. The van der Waals surface area contributed by atoms with Crippen molar-refractivity contribution in [1.82, 2.24) is 14.9 Å². The normalized spacial score (nSPS) is 16.3. The van der Waals surface area contributed by atoms with Gasteiger partial charge in [0, 0.05) is 31.0 Å². The van der Waals surface area contributed by atoms with Crippen molar-refractivity contribution in [3.05, 3.63) is 17.5 Å². The molecule has 6 heteroatoms. The lowest BCUT2D eigenvalue weighted by Gasteiger charge is -2.33. The lowest BCUT2D eigenvalue weighted by molar-refractivity contribution is 0.0188. The Kier molecular flexibility index (Phi) is 5.44. The van der Waals surface area contributed by atoms with Crippen LogP contribution in [-0.4, -0.2) is 46.2 Å². The van der Waals surface area contributed by atoms with Gasteiger partial charge in [-0.2, -0.15) is 0 Å². The quantitative estimate of drug-likeness (QED) is 0.926. The fraction of sp³-hybridized carbons (Fsp3) is 0.706. The lowest BCUT2D eigenvalue weighted by atomic mass is 9.97. The predicted molar refractivity (Wildman–Crippen MR) is 90.5 cm³/mol. The standard InChI is InChI=1S/C17H28N4O2/c1-12-10-13(2)20-15(19-12)18-11-14-6-8-21(9-7-14)16(22)23-17(3,4)5/h10,14H,6-9,11H2,1-5H3,(H,18,19,20). The van der Waals surface area contributed by atoms with E-state index < -0.39 is 5.60 Å². The number of hydrogen-bond donors (Lipinski definition) is 1. The summed E-state index contributed by atoms with van der Waals surface area (Å²) in [7, 11) is 0. The number of piperidine rings is 1. The van der Waals surface area contributed by atoms with E-state index in [4.69, 9.17) is 4.74 Å². The van der Waals surface area contributed by atoms with Crippen LogP contribution < -0.4 is 5.32 Å². The van der Waals surface area contributed by atoms with Crippen LogP contribution in [-0.2, 0) is 4.74 Å². The van der Waals surface area contributed by atoms with Crippen molar-refractivity contribution in [1.29, 1.82) is 0 Å². The maximum absolute atomic E-state index is 12.0. The lowest BCUT2D eigenvalue weighted by Crippen LogP contribution is -2.42. The molecule has 128 valence electrons. The first kappa shape index (κ1) is 17.5. The van der Waals surface area contributed by atoms with E-state index in [0.29, 0.717) is 11.9 Å². The first-order chi connectivity index (χ1) is 10.7. The fourth-order valence-corrected chi connectivity index (χ4v) is 2.69. The number of anilines is 1. The number of aryl methyl sites for hydroxylation is 2. The molecule has 0 atom stereocenters. The number of amides is 1. The third-order valence-electron chi connectivity index (χ3n) is 3.80. The Morgan fingerprint density at radius 1 is 1.26 bits per heavy atom. The first-order valence-corrected chi connectivity index (χ1v) is 8.27. The van der Waals surface area contributed by atoms with Crippen molar-refractivity contribution in [2.45, 2.75) is 53.1 Å². The highest BCUT2D eigenvalue weighted by Crippen LogP contribution is 2.20. The van der Waals surface area contributed by atoms with Crippen molar-refractivity contribution in [2.75, 3.05) is 25.0 Å². The molecule has 0 aliphatic carbocycles. The largest absolute Gasteiger partial charge is 0.444 e. The molecule has 1 aromatic rings. The Balaban J connectivity index is 1.77. The monoisotopic (exact) mass is 320 g/mol. The number of carbonyl (C=O) groups is 1. The molecule has 6 nitrogen and oxygen atoms in total.